The van der Waals surface area contributed by atoms with Crippen molar-refractivity contribution in [2.24, 2.45) is 0 Å². The third kappa shape index (κ3) is 7.39. The van der Waals surface area contributed by atoms with E-state index in [4.69, 9.17) is 11.6 Å². The lowest BCUT2D eigenvalue weighted by molar-refractivity contribution is -0.141. The fourth-order valence-electron chi connectivity index (χ4n) is 3.51. The standard InChI is InChI=1S/C26H35ClN2O2/c1-5-19(4)28-26(31)24(7-3)29(18-22-10-8-9-11-23(22)27)25(30)17-16-21-14-12-20(6-2)13-15-21/h8-15,19,24H,5-7,16-18H2,1-4H3,(H,28,31)/t19-,24+/m0/s1. The Morgan fingerprint density at radius 2 is 1.61 bits per heavy atom. The number of hydrogen-bond donors (Lipinski definition) is 1. The molecule has 2 rings (SSSR count). The molecule has 2 aromatic carbocycles. The first-order valence-corrected chi connectivity index (χ1v) is 11.7. The third-order valence-corrected chi connectivity index (χ3v) is 6.11. The van der Waals surface area contributed by atoms with Crippen LogP contribution in [0.5, 0.6) is 0 Å². The molecule has 0 radical (unpaired) electrons. The number of halogens is 1. The van der Waals surface area contributed by atoms with Crippen LogP contribution in [0.25, 0.3) is 0 Å². The number of aryl methyl sites for hydroxylation is 2. The summed E-state index contributed by atoms with van der Waals surface area (Å²) >= 11 is 6.37. The van der Waals surface area contributed by atoms with E-state index in [1.54, 1.807) is 4.90 Å². The van der Waals surface area contributed by atoms with E-state index in [0.29, 0.717) is 30.8 Å². The molecule has 2 amide bonds. The number of rotatable bonds is 11. The Morgan fingerprint density at radius 3 is 2.19 bits per heavy atom. The van der Waals surface area contributed by atoms with Crippen molar-refractivity contribution >= 4 is 23.4 Å². The summed E-state index contributed by atoms with van der Waals surface area (Å²) in [5, 5.41) is 3.64. The average molecular weight is 443 g/mol. The molecule has 4 nitrogen and oxygen atoms in total. The number of carbonyl (C=O) groups excluding carboxylic acids is 2. The highest BCUT2D eigenvalue weighted by atomic mass is 35.5. The second-order valence-corrected chi connectivity index (χ2v) is 8.43. The molecule has 0 saturated carbocycles. The van der Waals surface area contributed by atoms with Crippen LogP contribution in [0.4, 0.5) is 0 Å². The van der Waals surface area contributed by atoms with Gasteiger partial charge >= 0.3 is 0 Å². The smallest absolute Gasteiger partial charge is 0.243 e. The molecular formula is C26H35ClN2O2. The molecule has 168 valence electrons. The van der Waals surface area contributed by atoms with Crippen molar-refractivity contribution in [1.82, 2.24) is 10.2 Å². The van der Waals surface area contributed by atoms with Gasteiger partial charge in [0.15, 0.2) is 0 Å². The molecular weight excluding hydrogens is 408 g/mol. The van der Waals surface area contributed by atoms with Crippen LogP contribution in [0.1, 0.15) is 63.6 Å². The molecule has 0 aliphatic rings. The lowest BCUT2D eigenvalue weighted by Gasteiger charge is -2.31. The molecule has 0 aliphatic carbocycles. The predicted octanol–water partition coefficient (Wildman–Crippen LogP) is 5.56. The summed E-state index contributed by atoms with van der Waals surface area (Å²) in [7, 11) is 0. The van der Waals surface area contributed by atoms with E-state index in [9.17, 15) is 9.59 Å². The normalized spacial score (nSPS) is 12.8. The summed E-state index contributed by atoms with van der Waals surface area (Å²) in [5.41, 5.74) is 3.25. The maximum atomic E-state index is 13.3. The van der Waals surface area contributed by atoms with E-state index in [-0.39, 0.29) is 17.9 Å². The summed E-state index contributed by atoms with van der Waals surface area (Å²) in [5.74, 6) is -0.143. The van der Waals surface area contributed by atoms with Gasteiger partial charge in [0.25, 0.3) is 0 Å². The third-order valence-electron chi connectivity index (χ3n) is 5.74. The van der Waals surface area contributed by atoms with Gasteiger partial charge in [-0.2, -0.15) is 0 Å². The van der Waals surface area contributed by atoms with Gasteiger partial charge in [-0.15, -0.1) is 0 Å². The van der Waals surface area contributed by atoms with Crippen LogP contribution in [0.2, 0.25) is 5.02 Å². The largest absolute Gasteiger partial charge is 0.352 e. The van der Waals surface area contributed by atoms with E-state index in [2.05, 4.69) is 36.5 Å². The Morgan fingerprint density at radius 1 is 0.968 bits per heavy atom. The molecule has 0 heterocycles. The van der Waals surface area contributed by atoms with Crippen molar-refractivity contribution in [3.8, 4) is 0 Å². The van der Waals surface area contributed by atoms with Crippen LogP contribution >= 0.6 is 11.6 Å². The predicted molar refractivity (Wildman–Crippen MR) is 128 cm³/mol. The first-order chi connectivity index (χ1) is 14.9. The van der Waals surface area contributed by atoms with Gasteiger partial charge < -0.3 is 10.2 Å². The number of benzene rings is 2. The van der Waals surface area contributed by atoms with E-state index in [1.807, 2.05) is 45.0 Å². The molecule has 2 aromatic rings. The first-order valence-electron chi connectivity index (χ1n) is 11.3. The van der Waals surface area contributed by atoms with Gasteiger partial charge in [-0.25, -0.2) is 0 Å². The van der Waals surface area contributed by atoms with Crippen molar-refractivity contribution in [2.45, 2.75) is 78.4 Å². The maximum Gasteiger partial charge on any atom is 0.243 e. The van der Waals surface area contributed by atoms with E-state index >= 15 is 0 Å². The number of hydrogen-bond acceptors (Lipinski definition) is 2. The second-order valence-electron chi connectivity index (χ2n) is 8.03. The van der Waals surface area contributed by atoms with Crippen LogP contribution in [0.15, 0.2) is 48.5 Å². The van der Waals surface area contributed by atoms with Gasteiger partial charge in [0.1, 0.15) is 6.04 Å². The van der Waals surface area contributed by atoms with Crippen molar-refractivity contribution in [3.63, 3.8) is 0 Å². The zero-order chi connectivity index (χ0) is 22.8. The van der Waals surface area contributed by atoms with Gasteiger partial charge in [0.05, 0.1) is 0 Å². The number of amides is 2. The second kappa shape index (κ2) is 12.5. The Balaban J connectivity index is 2.20. The molecule has 0 bridgehead atoms. The van der Waals surface area contributed by atoms with Gasteiger partial charge in [-0.1, -0.05) is 74.8 Å². The molecule has 2 atom stereocenters. The van der Waals surface area contributed by atoms with Crippen LogP contribution in [0.3, 0.4) is 0 Å². The molecule has 1 N–H and O–H groups in total. The summed E-state index contributed by atoms with van der Waals surface area (Å²) in [6.45, 7) is 8.39. The van der Waals surface area contributed by atoms with E-state index in [1.165, 1.54) is 5.56 Å². The monoisotopic (exact) mass is 442 g/mol. The van der Waals surface area contributed by atoms with Gasteiger partial charge in [-0.3, -0.25) is 9.59 Å². The fraction of sp³-hybridized carbons (Fsp3) is 0.462. The number of carbonyl (C=O) groups is 2. The highest BCUT2D eigenvalue weighted by Crippen LogP contribution is 2.21. The van der Waals surface area contributed by atoms with Crippen molar-refractivity contribution in [3.05, 3.63) is 70.2 Å². The van der Waals surface area contributed by atoms with Gasteiger partial charge in [0.2, 0.25) is 11.8 Å². The Bertz CT molecular complexity index is 851. The molecule has 0 aromatic heterocycles. The van der Waals surface area contributed by atoms with Gasteiger partial charge in [-0.05, 0) is 55.4 Å². The minimum absolute atomic E-state index is 0.0364. The molecule has 0 saturated heterocycles. The van der Waals surface area contributed by atoms with E-state index < -0.39 is 6.04 Å². The van der Waals surface area contributed by atoms with Crippen molar-refractivity contribution < 1.29 is 9.59 Å². The van der Waals surface area contributed by atoms with Gasteiger partial charge in [0, 0.05) is 24.0 Å². The molecule has 0 spiro atoms. The molecule has 5 heteroatoms. The topological polar surface area (TPSA) is 49.4 Å². The highest BCUT2D eigenvalue weighted by molar-refractivity contribution is 6.31. The molecule has 0 fully saturated rings. The summed E-state index contributed by atoms with van der Waals surface area (Å²) < 4.78 is 0. The number of nitrogens with zero attached hydrogens (tertiary/aromatic N) is 1. The summed E-state index contributed by atoms with van der Waals surface area (Å²) in [6, 6.07) is 15.4. The number of nitrogens with one attached hydrogen (secondary N) is 1. The minimum Gasteiger partial charge on any atom is -0.352 e. The Labute approximate surface area is 192 Å². The lowest BCUT2D eigenvalue weighted by Crippen LogP contribution is -2.50. The highest BCUT2D eigenvalue weighted by Gasteiger charge is 2.29. The molecule has 0 aliphatic heterocycles. The molecule has 31 heavy (non-hydrogen) atoms. The zero-order valence-corrected chi connectivity index (χ0v) is 19.9. The summed E-state index contributed by atoms with van der Waals surface area (Å²) in [4.78, 5) is 28.0. The molecule has 0 unspecified atom stereocenters. The van der Waals surface area contributed by atoms with Crippen molar-refractivity contribution in [2.75, 3.05) is 0 Å². The minimum atomic E-state index is -0.528. The van der Waals surface area contributed by atoms with Crippen LogP contribution < -0.4 is 5.32 Å². The zero-order valence-electron chi connectivity index (χ0n) is 19.2. The van der Waals surface area contributed by atoms with Crippen LogP contribution in [-0.4, -0.2) is 28.8 Å². The SMILES string of the molecule is CCc1ccc(CCC(=O)N(Cc2ccccc2Cl)[C@H](CC)C(=O)N[C@@H](C)CC)cc1. The Kier molecular flexibility index (Phi) is 10.1. The quantitative estimate of drug-likeness (QED) is 0.495. The first kappa shape index (κ1) is 24.9. The Hall–Kier alpha value is -2.33. The van der Waals surface area contributed by atoms with E-state index in [0.717, 1.165) is 24.0 Å². The average Bonchev–Trinajstić information content (AvgIpc) is 2.78. The van der Waals surface area contributed by atoms with Crippen LogP contribution in [-0.2, 0) is 29.0 Å². The maximum absolute atomic E-state index is 13.3. The fourth-order valence-corrected chi connectivity index (χ4v) is 3.70. The van der Waals surface area contributed by atoms with Crippen LogP contribution in [0, 0.1) is 0 Å². The summed E-state index contributed by atoms with van der Waals surface area (Å²) in [6.07, 6.45) is 3.38. The lowest BCUT2D eigenvalue weighted by atomic mass is 10.0. The van der Waals surface area contributed by atoms with Crippen molar-refractivity contribution in [1.29, 1.82) is 0 Å².